The van der Waals surface area contributed by atoms with Gasteiger partial charge in [0.25, 0.3) is 0 Å². The summed E-state index contributed by atoms with van der Waals surface area (Å²) in [6, 6.07) is 39.6. The van der Waals surface area contributed by atoms with Gasteiger partial charge in [0, 0.05) is 47.1 Å². The first-order chi connectivity index (χ1) is 24.4. The molecular formula is C42H34N4O4. The summed E-state index contributed by atoms with van der Waals surface area (Å²) in [6.07, 6.45) is 7.79. The number of hydrogen-bond acceptors (Lipinski definition) is 8. The van der Waals surface area contributed by atoms with Crippen LogP contribution in [-0.4, -0.2) is 45.3 Å². The molecule has 4 N–H and O–H groups in total. The highest BCUT2D eigenvalue weighted by Gasteiger charge is 2.08. The van der Waals surface area contributed by atoms with Gasteiger partial charge in [-0.15, -0.1) is 0 Å². The van der Waals surface area contributed by atoms with E-state index in [1.807, 2.05) is 60.7 Å². The van der Waals surface area contributed by atoms with Crippen molar-refractivity contribution in [2.24, 2.45) is 20.0 Å². The molecule has 6 aromatic carbocycles. The third-order valence-electron chi connectivity index (χ3n) is 7.90. The number of aliphatic imine (C=N–C) groups is 4. The molecule has 0 aliphatic carbocycles. The van der Waals surface area contributed by atoms with Gasteiger partial charge in [0.15, 0.2) is 0 Å². The Hall–Kier alpha value is -6.80. The van der Waals surface area contributed by atoms with Gasteiger partial charge < -0.3 is 20.4 Å². The molecule has 6 rings (SSSR count). The van der Waals surface area contributed by atoms with Crippen molar-refractivity contribution in [1.29, 1.82) is 0 Å². The predicted molar refractivity (Wildman–Crippen MR) is 202 cm³/mol. The first kappa shape index (κ1) is 33.1. The average Bonchev–Trinajstić information content (AvgIpc) is 3.13. The molecule has 0 fully saturated rings. The van der Waals surface area contributed by atoms with Gasteiger partial charge in [-0.3, -0.25) is 20.0 Å². The molecule has 0 spiro atoms. The third-order valence-corrected chi connectivity index (χ3v) is 7.90. The lowest BCUT2D eigenvalue weighted by atomic mass is 10.0. The zero-order valence-corrected chi connectivity index (χ0v) is 27.0. The minimum atomic E-state index is 0.126. The molecule has 8 heteroatoms. The van der Waals surface area contributed by atoms with Crippen LogP contribution in [0.2, 0.25) is 0 Å². The van der Waals surface area contributed by atoms with E-state index in [4.69, 9.17) is 9.98 Å². The van der Waals surface area contributed by atoms with E-state index in [-0.39, 0.29) is 23.0 Å². The Balaban J connectivity index is 1.28. The highest BCUT2D eigenvalue weighted by molar-refractivity contribution is 5.90. The van der Waals surface area contributed by atoms with E-state index in [9.17, 15) is 20.4 Å². The zero-order valence-electron chi connectivity index (χ0n) is 27.0. The highest BCUT2D eigenvalue weighted by Crippen LogP contribution is 2.33. The lowest BCUT2D eigenvalue weighted by Crippen LogP contribution is -1.92. The van der Waals surface area contributed by atoms with Crippen LogP contribution in [0, 0.1) is 0 Å². The summed E-state index contributed by atoms with van der Waals surface area (Å²) in [6.45, 7) is 0. The van der Waals surface area contributed by atoms with E-state index in [0.29, 0.717) is 57.8 Å². The minimum absolute atomic E-state index is 0.126. The number of hydrogen-bond donors (Lipinski definition) is 4. The van der Waals surface area contributed by atoms with Gasteiger partial charge in [0.05, 0.1) is 22.7 Å². The van der Waals surface area contributed by atoms with Crippen LogP contribution in [0.15, 0.2) is 153 Å². The van der Waals surface area contributed by atoms with E-state index in [1.54, 1.807) is 97.7 Å². The SMILES string of the molecule is Oc1ccccc1C=Nc1ccc(CCc2ccc(N=Cc3ccccc3O)c(N=Cc3ccccc3O)c2)cc1N=Cc1ccccc1O. The third kappa shape index (κ3) is 8.56. The molecular weight excluding hydrogens is 624 g/mol. The molecule has 0 saturated heterocycles. The molecule has 0 atom stereocenters. The van der Waals surface area contributed by atoms with Crippen LogP contribution in [0.3, 0.4) is 0 Å². The predicted octanol–water partition coefficient (Wildman–Crippen LogP) is 9.30. The van der Waals surface area contributed by atoms with Gasteiger partial charge in [0.1, 0.15) is 23.0 Å². The van der Waals surface area contributed by atoms with E-state index in [0.717, 1.165) is 11.1 Å². The van der Waals surface area contributed by atoms with Crippen molar-refractivity contribution in [2.75, 3.05) is 0 Å². The summed E-state index contributed by atoms with van der Waals surface area (Å²) in [5, 5.41) is 41.0. The Kier molecular flexibility index (Phi) is 10.5. The molecule has 0 bridgehead atoms. The van der Waals surface area contributed by atoms with Gasteiger partial charge in [-0.2, -0.15) is 0 Å². The maximum absolute atomic E-state index is 10.3. The molecule has 0 radical (unpaired) electrons. The van der Waals surface area contributed by atoms with E-state index in [2.05, 4.69) is 9.98 Å². The topological polar surface area (TPSA) is 130 Å². The van der Waals surface area contributed by atoms with Crippen LogP contribution in [-0.2, 0) is 12.8 Å². The lowest BCUT2D eigenvalue weighted by molar-refractivity contribution is 0.474. The number of para-hydroxylation sites is 4. The quantitative estimate of drug-likeness (QED) is 0.103. The fraction of sp³-hybridized carbons (Fsp3) is 0.0476. The molecule has 6 aromatic rings. The van der Waals surface area contributed by atoms with Crippen LogP contribution in [0.25, 0.3) is 0 Å². The molecule has 0 saturated carbocycles. The van der Waals surface area contributed by atoms with Crippen LogP contribution in [0.5, 0.6) is 23.0 Å². The normalized spacial score (nSPS) is 11.8. The van der Waals surface area contributed by atoms with Gasteiger partial charge in [-0.05, 0) is 96.8 Å². The summed E-state index contributed by atoms with van der Waals surface area (Å²) in [4.78, 5) is 18.6. The molecule has 246 valence electrons. The van der Waals surface area contributed by atoms with Crippen LogP contribution in [0.4, 0.5) is 22.7 Å². The average molecular weight is 659 g/mol. The Morgan fingerprint density at radius 3 is 0.920 bits per heavy atom. The summed E-state index contributed by atoms with van der Waals surface area (Å²) in [5.41, 5.74) is 6.81. The molecule has 0 aromatic heterocycles. The maximum atomic E-state index is 10.3. The first-order valence-electron chi connectivity index (χ1n) is 16.0. The van der Waals surface area contributed by atoms with E-state index < -0.39 is 0 Å². The minimum Gasteiger partial charge on any atom is -0.507 e. The Morgan fingerprint density at radius 2 is 0.620 bits per heavy atom. The van der Waals surface area contributed by atoms with Crippen molar-refractivity contribution >= 4 is 47.6 Å². The van der Waals surface area contributed by atoms with Crippen LogP contribution >= 0.6 is 0 Å². The van der Waals surface area contributed by atoms with Crippen molar-refractivity contribution < 1.29 is 20.4 Å². The number of nitrogens with zero attached hydrogens (tertiary/aromatic N) is 4. The molecule has 0 heterocycles. The second-order valence-corrected chi connectivity index (χ2v) is 11.4. The lowest BCUT2D eigenvalue weighted by Gasteiger charge is -2.09. The monoisotopic (exact) mass is 658 g/mol. The standard InChI is InChI=1S/C42H34N4O4/c47-39-13-5-1-9-31(39)25-43-35-21-19-29(23-37(35)45-27-33-11-3-7-15-41(33)49)17-18-30-20-22-36(44-26-32-10-2-6-14-40(32)48)38(24-30)46-28-34-12-4-8-16-42(34)50/h1-16,19-28,47-50H,17-18H2. The van der Waals surface area contributed by atoms with Crippen LogP contribution in [0.1, 0.15) is 33.4 Å². The maximum Gasteiger partial charge on any atom is 0.124 e. The number of phenols is 4. The van der Waals surface area contributed by atoms with Crippen molar-refractivity contribution in [3.05, 3.63) is 167 Å². The summed E-state index contributed by atoms with van der Waals surface area (Å²) < 4.78 is 0. The van der Waals surface area contributed by atoms with Crippen molar-refractivity contribution in [3.8, 4) is 23.0 Å². The van der Waals surface area contributed by atoms with Crippen molar-refractivity contribution in [3.63, 3.8) is 0 Å². The first-order valence-corrected chi connectivity index (χ1v) is 16.0. The van der Waals surface area contributed by atoms with Crippen molar-refractivity contribution in [2.45, 2.75) is 12.8 Å². The molecule has 50 heavy (non-hydrogen) atoms. The second-order valence-electron chi connectivity index (χ2n) is 11.4. The molecule has 0 amide bonds. The number of aryl methyl sites for hydroxylation is 2. The van der Waals surface area contributed by atoms with Crippen LogP contribution < -0.4 is 0 Å². The van der Waals surface area contributed by atoms with Crippen molar-refractivity contribution in [1.82, 2.24) is 0 Å². The Bertz CT molecular complexity index is 2080. The Morgan fingerprint density at radius 1 is 0.340 bits per heavy atom. The summed E-state index contributed by atoms with van der Waals surface area (Å²) in [7, 11) is 0. The van der Waals surface area contributed by atoms with Gasteiger partial charge in [-0.25, -0.2) is 0 Å². The molecule has 0 aliphatic rings. The number of benzene rings is 6. The fourth-order valence-electron chi connectivity index (χ4n) is 5.11. The molecule has 0 aliphatic heterocycles. The smallest absolute Gasteiger partial charge is 0.124 e. The van der Waals surface area contributed by atoms with Gasteiger partial charge in [0.2, 0.25) is 0 Å². The highest BCUT2D eigenvalue weighted by atomic mass is 16.3. The van der Waals surface area contributed by atoms with Gasteiger partial charge >= 0.3 is 0 Å². The number of rotatable bonds is 11. The largest absolute Gasteiger partial charge is 0.507 e. The van der Waals surface area contributed by atoms with Gasteiger partial charge in [-0.1, -0.05) is 60.7 Å². The summed E-state index contributed by atoms with van der Waals surface area (Å²) >= 11 is 0. The molecule has 8 nitrogen and oxygen atoms in total. The number of phenolic OH excluding ortho intramolecular Hbond substituents is 4. The zero-order chi connectivity index (χ0) is 34.7. The second kappa shape index (κ2) is 15.9. The summed E-state index contributed by atoms with van der Waals surface area (Å²) in [5.74, 6) is 0.513. The number of aromatic hydroxyl groups is 4. The van der Waals surface area contributed by atoms with E-state index in [1.165, 1.54) is 0 Å². The van der Waals surface area contributed by atoms with E-state index >= 15 is 0 Å². The Labute approximate surface area is 290 Å². The fourth-order valence-corrected chi connectivity index (χ4v) is 5.11. The molecule has 0 unspecified atom stereocenters.